The topological polar surface area (TPSA) is 137 Å². The molecule has 0 saturated carbocycles. The van der Waals surface area contributed by atoms with Gasteiger partial charge in [0.1, 0.15) is 16.5 Å². The minimum atomic E-state index is -0.406. The van der Waals surface area contributed by atoms with Gasteiger partial charge in [-0.3, -0.25) is 19.8 Å². The van der Waals surface area contributed by atoms with Crippen LogP contribution in [0.25, 0.3) is 27.4 Å². The van der Waals surface area contributed by atoms with Gasteiger partial charge in [-0.1, -0.05) is 48.5 Å². The summed E-state index contributed by atoms with van der Waals surface area (Å²) in [7, 11) is 0. The Hall–Kier alpha value is -4.25. The van der Waals surface area contributed by atoms with Gasteiger partial charge in [0.05, 0.1) is 10.8 Å². The number of quaternary nitrogens is 1. The van der Waals surface area contributed by atoms with Gasteiger partial charge in [-0.05, 0) is 35.2 Å². The van der Waals surface area contributed by atoms with Gasteiger partial charge in [0.15, 0.2) is 0 Å². The van der Waals surface area contributed by atoms with E-state index in [1.165, 1.54) is 0 Å². The number of aromatic amines is 2. The molecular formula is C24H20ClN7O2S. The molecule has 3 aromatic rings. The number of benzene rings is 2. The largest absolute Gasteiger partial charge is 1.00 e. The molecule has 6 N–H and O–H groups in total. The fraction of sp³-hybridized carbons (Fsp3) is 0. The van der Waals surface area contributed by atoms with Crippen LogP contribution in [0.15, 0.2) is 92.9 Å². The van der Waals surface area contributed by atoms with Crippen LogP contribution in [0.1, 0.15) is 5.56 Å². The monoisotopic (exact) mass is 505 g/mol. The number of halogens is 1. The Kier molecular flexibility index (Phi) is 7.06. The summed E-state index contributed by atoms with van der Waals surface area (Å²) in [5, 5.41) is 14.2. The molecule has 0 fully saturated rings. The van der Waals surface area contributed by atoms with E-state index in [4.69, 9.17) is 5.73 Å². The van der Waals surface area contributed by atoms with E-state index in [9.17, 15) is 9.59 Å². The van der Waals surface area contributed by atoms with Gasteiger partial charge in [-0.15, -0.1) is 21.6 Å². The van der Waals surface area contributed by atoms with Crippen LogP contribution in [0.2, 0.25) is 0 Å². The smallest absolute Gasteiger partial charge is 0.270 e. The first kappa shape index (κ1) is 23.9. The number of nitrogens with zero attached hydrogens (tertiary/aromatic N) is 3. The van der Waals surface area contributed by atoms with Gasteiger partial charge in [-0.25, -0.2) is 0 Å². The second-order valence-electron chi connectivity index (χ2n) is 7.44. The number of amidine groups is 1. The predicted octanol–water partition coefficient (Wildman–Crippen LogP) is -0.616. The third-order valence-electron chi connectivity index (χ3n) is 5.09. The van der Waals surface area contributed by atoms with E-state index >= 15 is 0 Å². The van der Waals surface area contributed by atoms with Crippen molar-refractivity contribution in [3.8, 4) is 10.6 Å². The summed E-state index contributed by atoms with van der Waals surface area (Å²) in [6.45, 7) is 0. The molecule has 9 nitrogen and oxygen atoms in total. The first-order valence-electron chi connectivity index (χ1n) is 10.4. The quantitative estimate of drug-likeness (QED) is 0.105. The van der Waals surface area contributed by atoms with Gasteiger partial charge in [0.25, 0.3) is 16.9 Å². The molecule has 5 rings (SSSR count). The van der Waals surface area contributed by atoms with Crippen molar-refractivity contribution < 1.29 is 17.8 Å². The average molecular weight is 506 g/mol. The number of rotatable bonds is 6. The van der Waals surface area contributed by atoms with Crippen molar-refractivity contribution in [3.05, 3.63) is 104 Å². The van der Waals surface area contributed by atoms with Crippen LogP contribution < -0.4 is 39.8 Å². The van der Waals surface area contributed by atoms with Gasteiger partial charge in [-0.2, -0.15) is 10.4 Å². The van der Waals surface area contributed by atoms with Crippen LogP contribution in [-0.2, 0) is 0 Å². The highest BCUT2D eigenvalue weighted by Crippen LogP contribution is 2.26. The van der Waals surface area contributed by atoms with Crippen LogP contribution in [0.5, 0.6) is 0 Å². The van der Waals surface area contributed by atoms with E-state index < -0.39 is 5.56 Å². The third-order valence-corrected chi connectivity index (χ3v) is 5.93. The SMILES string of the molecule is NC(/C=C/c1ccccc1)=N\N([NH2+]c1cc2cccsc-2n1)c1ccc2c(=O)[nH][nH]c(=O)c2c1.[Cl-]. The van der Waals surface area contributed by atoms with Gasteiger partial charge < -0.3 is 18.1 Å². The number of nitrogens with two attached hydrogens (primary N) is 2. The highest BCUT2D eigenvalue weighted by molar-refractivity contribution is 7.12. The molecule has 35 heavy (non-hydrogen) atoms. The maximum atomic E-state index is 12.3. The highest BCUT2D eigenvalue weighted by Gasteiger charge is 2.18. The van der Waals surface area contributed by atoms with Crippen LogP contribution in [0.3, 0.4) is 0 Å². The molecule has 0 unspecified atom stereocenters. The highest BCUT2D eigenvalue weighted by atomic mass is 35.5. The van der Waals surface area contributed by atoms with Crippen molar-refractivity contribution in [1.29, 1.82) is 0 Å². The van der Waals surface area contributed by atoms with Crippen molar-refractivity contribution in [3.63, 3.8) is 0 Å². The molecule has 11 heteroatoms. The van der Waals surface area contributed by atoms with E-state index in [0.29, 0.717) is 11.5 Å². The summed E-state index contributed by atoms with van der Waals surface area (Å²) in [4.78, 5) is 29.1. The lowest BCUT2D eigenvalue weighted by atomic mass is 10.2. The lowest BCUT2D eigenvalue weighted by Gasteiger charge is -2.15. The predicted molar refractivity (Wildman–Crippen MR) is 135 cm³/mol. The summed E-state index contributed by atoms with van der Waals surface area (Å²) < 4.78 is 0. The van der Waals surface area contributed by atoms with E-state index in [1.807, 2.05) is 60.0 Å². The molecule has 2 aliphatic rings. The van der Waals surface area contributed by atoms with Gasteiger partial charge in [0.2, 0.25) is 0 Å². The van der Waals surface area contributed by atoms with Crippen molar-refractivity contribution >= 4 is 45.5 Å². The zero-order chi connectivity index (χ0) is 23.5. The Labute approximate surface area is 209 Å². The molecule has 2 aromatic carbocycles. The minimum absolute atomic E-state index is 0. The summed E-state index contributed by atoms with van der Waals surface area (Å²) >= 11 is 1.54. The molecule has 3 heterocycles. The molecule has 1 aromatic heterocycles. The van der Waals surface area contributed by atoms with Gasteiger partial charge >= 0.3 is 0 Å². The Morgan fingerprint density at radius 3 is 2.54 bits per heavy atom. The first-order chi connectivity index (χ1) is 16.6. The molecule has 0 radical (unpaired) electrons. The van der Waals surface area contributed by atoms with E-state index in [2.05, 4.69) is 20.3 Å². The molecule has 0 amide bonds. The van der Waals surface area contributed by atoms with Gasteiger partial charge in [0, 0.05) is 11.6 Å². The Morgan fingerprint density at radius 2 is 1.77 bits per heavy atom. The normalized spacial score (nSPS) is 11.7. The fourth-order valence-electron chi connectivity index (χ4n) is 3.46. The van der Waals surface area contributed by atoms with E-state index in [1.54, 1.807) is 46.2 Å². The molecule has 0 atom stereocenters. The maximum Gasteiger partial charge on any atom is 0.270 e. The van der Waals surface area contributed by atoms with Crippen molar-refractivity contribution in [2.75, 3.05) is 5.12 Å². The third kappa shape index (κ3) is 5.30. The number of fused-ring (bicyclic) bond motifs is 2. The molecule has 0 spiro atoms. The van der Waals surface area contributed by atoms with Crippen LogP contribution >= 0.6 is 11.3 Å². The van der Waals surface area contributed by atoms with Crippen LogP contribution in [0, 0.1) is 0 Å². The molecule has 0 bridgehead atoms. The summed E-state index contributed by atoms with van der Waals surface area (Å²) in [5.74, 6) is 0.930. The van der Waals surface area contributed by atoms with E-state index in [0.717, 1.165) is 16.1 Å². The number of nitrogens with one attached hydrogen (secondary N) is 2. The number of anilines is 1. The number of hydrazone groups is 1. The zero-order valence-corrected chi connectivity index (χ0v) is 19.8. The Morgan fingerprint density at radius 1 is 1.00 bits per heavy atom. The van der Waals surface area contributed by atoms with Crippen molar-refractivity contribution in [1.82, 2.24) is 15.2 Å². The average Bonchev–Trinajstić information content (AvgIpc) is 3.27. The lowest BCUT2D eigenvalue weighted by Crippen LogP contribution is -3.00. The van der Waals surface area contributed by atoms with Crippen molar-refractivity contribution in [2.24, 2.45) is 10.8 Å². The second kappa shape index (κ2) is 10.3. The first-order valence-corrected chi connectivity index (χ1v) is 11.2. The number of hydrogen-bond acceptors (Lipinski definition) is 6. The summed E-state index contributed by atoms with van der Waals surface area (Å²) in [6, 6.07) is 20.5. The van der Waals surface area contributed by atoms with Crippen LogP contribution in [-0.4, -0.2) is 21.0 Å². The second-order valence-corrected chi connectivity index (χ2v) is 8.33. The molecule has 2 aliphatic heterocycles. The zero-order valence-electron chi connectivity index (χ0n) is 18.2. The molecule has 0 saturated heterocycles. The maximum absolute atomic E-state index is 12.3. The molecular weight excluding hydrogens is 486 g/mol. The summed E-state index contributed by atoms with van der Waals surface area (Å²) in [5.41, 5.74) is 9.72. The number of aromatic nitrogens is 3. The minimum Gasteiger partial charge on any atom is -1.00 e. The molecule has 176 valence electrons. The van der Waals surface area contributed by atoms with Crippen LogP contribution in [0.4, 0.5) is 11.5 Å². The fourth-order valence-corrected chi connectivity index (χ4v) is 4.17. The van der Waals surface area contributed by atoms with E-state index in [-0.39, 0.29) is 34.6 Å². The number of H-pyrrole nitrogens is 2. The molecule has 0 aliphatic carbocycles. The summed E-state index contributed by atoms with van der Waals surface area (Å²) in [6.07, 6.45) is 3.56. The Balaban J connectivity index is 0.00000289. The number of hydrogen-bond donors (Lipinski definition) is 4. The lowest BCUT2D eigenvalue weighted by molar-refractivity contribution is -0.589. The Bertz CT molecular complexity index is 1580. The van der Waals surface area contributed by atoms with Crippen molar-refractivity contribution in [2.45, 2.75) is 0 Å². The standard InChI is InChI=1S/C24H19N7O2S.ClH/c25-20(11-8-15-5-2-1-3-6-15)29-31(30-21-13-16-7-4-12-34-24(16)26-21)17-9-10-18-19(14-17)23(33)28-27-22(18)32;/h1-14,30H,(H2,25,29)(H,27,32)(H,28,33);1H/b11-8+;.